The van der Waals surface area contributed by atoms with Gasteiger partial charge in [0.25, 0.3) is 0 Å². The zero-order valence-electron chi connectivity index (χ0n) is 13.6. The summed E-state index contributed by atoms with van der Waals surface area (Å²) >= 11 is 0. The number of aliphatic hydroxyl groups is 4. The minimum Gasteiger partial charge on any atom is -0.464 e. The highest BCUT2D eigenvalue weighted by molar-refractivity contribution is 5.75. The number of unbranched alkanes of at least 4 members (excludes halogenated alkanes) is 8. The fourth-order valence-electron chi connectivity index (χ4n) is 2.13. The Morgan fingerprint density at radius 2 is 1.41 bits per heavy atom. The largest absolute Gasteiger partial charge is 0.464 e. The molecule has 0 aromatic rings. The Labute approximate surface area is 133 Å². The number of carbonyl (C=O) groups excluding carboxylic acids is 1. The second kappa shape index (κ2) is 13.9. The highest BCUT2D eigenvalue weighted by Gasteiger charge is 2.30. The summed E-state index contributed by atoms with van der Waals surface area (Å²) in [4.78, 5) is 11.4. The molecular weight excluding hydrogens is 288 g/mol. The maximum atomic E-state index is 11.4. The summed E-state index contributed by atoms with van der Waals surface area (Å²) in [5, 5.41) is 36.5. The van der Waals surface area contributed by atoms with Crippen LogP contribution in [0.25, 0.3) is 0 Å². The van der Waals surface area contributed by atoms with Gasteiger partial charge in [0.05, 0.1) is 13.2 Å². The fraction of sp³-hybridized carbons (Fsp3) is 0.938. The van der Waals surface area contributed by atoms with Crippen molar-refractivity contribution >= 4 is 5.97 Å². The van der Waals surface area contributed by atoms with Gasteiger partial charge in [0.15, 0.2) is 6.10 Å². The minimum absolute atomic E-state index is 0.188. The lowest BCUT2D eigenvalue weighted by atomic mass is 10.1. The van der Waals surface area contributed by atoms with Gasteiger partial charge in [0.1, 0.15) is 12.2 Å². The van der Waals surface area contributed by atoms with E-state index >= 15 is 0 Å². The van der Waals surface area contributed by atoms with Crippen molar-refractivity contribution in [2.45, 2.75) is 83.0 Å². The van der Waals surface area contributed by atoms with Crippen LogP contribution in [0, 0.1) is 0 Å². The Kier molecular flexibility index (Phi) is 13.5. The SMILES string of the molecule is CCCCCCCCCCCOC(=O)[C@H](O)[C@H](O)[C@H](O)CO. The zero-order chi connectivity index (χ0) is 16.8. The Morgan fingerprint density at radius 3 is 1.91 bits per heavy atom. The van der Waals surface area contributed by atoms with Crippen molar-refractivity contribution in [3.8, 4) is 0 Å². The van der Waals surface area contributed by atoms with Gasteiger partial charge in [-0.25, -0.2) is 4.79 Å². The predicted molar refractivity (Wildman–Crippen MR) is 83.3 cm³/mol. The first kappa shape index (κ1) is 21.3. The third-order valence-electron chi connectivity index (χ3n) is 3.64. The van der Waals surface area contributed by atoms with E-state index in [1.807, 2.05) is 0 Å². The molecular formula is C16H32O6. The van der Waals surface area contributed by atoms with E-state index in [-0.39, 0.29) is 6.61 Å². The van der Waals surface area contributed by atoms with Crippen molar-refractivity contribution in [1.82, 2.24) is 0 Å². The number of ether oxygens (including phenoxy) is 1. The van der Waals surface area contributed by atoms with Gasteiger partial charge in [-0.15, -0.1) is 0 Å². The quantitative estimate of drug-likeness (QED) is 0.282. The molecule has 0 spiro atoms. The third-order valence-corrected chi connectivity index (χ3v) is 3.64. The average Bonchev–Trinajstić information content (AvgIpc) is 2.54. The van der Waals surface area contributed by atoms with E-state index in [4.69, 9.17) is 14.9 Å². The maximum Gasteiger partial charge on any atom is 0.337 e. The van der Waals surface area contributed by atoms with E-state index in [0.29, 0.717) is 6.42 Å². The topological polar surface area (TPSA) is 107 Å². The molecule has 0 saturated carbocycles. The van der Waals surface area contributed by atoms with Crippen molar-refractivity contribution in [1.29, 1.82) is 0 Å². The second-order valence-corrected chi connectivity index (χ2v) is 5.68. The molecule has 0 radical (unpaired) electrons. The van der Waals surface area contributed by atoms with Gasteiger partial charge in [-0.2, -0.15) is 0 Å². The molecule has 3 atom stereocenters. The van der Waals surface area contributed by atoms with Crippen LogP contribution in [0.3, 0.4) is 0 Å². The number of esters is 1. The van der Waals surface area contributed by atoms with E-state index in [0.717, 1.165) is 12.8 Å². The molecule has 0 amide bonds. The summed E-state index contributed by atoms with van der Waals surface area (Å²) in [5.74, 6) is -0.973. The maximum absolute atomic E-state index is 11.4. The molecule has 132 valence electrons. The Hall–Kier alpha value is -0.690. The smallest absolute Gasteiger partial charge is 0.337 e. The lowest BCUT2D eigenvalue weighted by Crippen LogP contribution is -2.44. The lowest BCUT2D eigenvalue weighted by Gasteiger charge is -2.20. The van der Waals surface area contributed by atoms with Gasteiger partial charge in [-0.1, -0.05) is 58.3 Å². The molecule has 6 heteroatoms. The molecule has 22 heavy (non-hydrogen) atoms. The van der Waals surface area contributed by atoms with Gasteiger partial charge >= 0.3 is 5.97 Å². The summed E-state index contributed by atoms with van der Waals surface area (Å²) in [6.45, 7) is 1.65. The highest BCUT2D eigenvalue weighted by Crippen LogP contribution is 2.10. The molecule has 0 bridgehead atoms. The molecule has 0 unspecified atom stereocenters. The Balaban J connectivity index is 3.52. The monoisotopic (exact) mass is 320 g/mol. The molecule has 0 fully saturated rings. The van der Waals surface area contributed by atoms with E-state index in [1.54, 1.807) is 0 Å². The molecule has 0 aliphatic rings. The number of hydrogen-bond donors (Lipinski definition) is 4. The molecule has 0 aliphatic heterocycles. The zero-order valence-corrected chi connectivity index (χ0v) is 13.6. The van der Waals surface area contributed by atoms with Crippen molar-refractivity contribution in [3.63, 3.8) is 0 Å². The predicted octanol–water partition coefficient (Wildman–Crippen LogP) is 1.14. The van der Waals surface area contributed by atoms with Gasteiger partial charge in [0, 0.05) is 0 Å². The highest BCUT2D eigenvalue weighted by atomic mass is 16.5. The molecule has 4 N–H and O–H groups in total. The van der Waals surface area contributed by atoms with Gasteiger partial charge in [-0.05, 0) is 6.42 Å². The molecule has 0 rings (SSSR count). The lowest BCUT2D eigenvalue weighted by molar-refractivity contribution is -0.166. The van der Waals surface area contributed by atoms with Crippen LogP contribution in [0.2, 0.25) is 0 Å². The Bertz CT molecular complexity index is 271. The van der Waals surface area contributed by atoms with E-state index in [2.05, 4.69) is 6.92 Å². The van der Waals surface area contributed by atoms with Crippen LogP contribution in [0.5, 0.6) is 0 Å². The van der Waals surface area contributed by atoms with E-state index < -0.39 is 30.9 Å². The van der Waals surface area contributed by atoms with Gasteiger partial charge in [0.2, 0.25) is 0 Å². The first-order valence-electron chi connectivity index (χ1n) is 8.36. The Morgan fingerprint density at radius 1 is 0.909 bits per heavy atom. The van der Waals surface area contributed by atoms with Crippen LogP contribution in [0.4, 0.5) is 0 Å². The van der Waals surface area contributed by atoms with Crippen molar-refractivity contribution < 1.29 is 30.0 Å². The van der Waals surface area contributed by atoms with Crippen LogP contribution in [0.15, 0.2) is 0 Å². The molecule has 0 aromatic heterocycles. The number of hydrogen-bond acceptors (Lipinski definition) is 6. The summed E-state index contributed by atoms with van der Waals surface area (Å²) in [6.07, 6.45) is 5.19. The van der Waals surface area contributed by atoms with Crippen molar-refractivity contribution in [2.75, 3.05) is 13.2 Å². The fourth-order valence-corrected chi connectivity index (χ4v) is 2.13. The van der Waals surface area contributed by atoms with Crippen LogP contribution in [-0.4, -0.2) is 57.9 Å². The summed E-state index contributed by atoms with van der Waals surface area (Å²) < 4.78 is 4.84. The van der Waals surface area contributed by atoms with Crippen molar-refractivity contribution in [2.24, 2.45) is 0 Å². The summed E-state index contributed by atoms with van der Waals surface area (Å²) in [5.41, 5.74) is 0. The molecule has 6 nitrogen and oxygen atoms in total. The number of rotatable bonds is 14. The third kappa shape index (κ3) is 10.1. The molecule has 0 aromatic carbocycles. The molecule has 0 heterocycles. The second-order valence-electron chi connectivity index (χ2n) is 5.68. The van der Waals surface area contributed by atoms with Crippen LogP contribution >= 0.6 is 0 Å². The van der Waals surface area contributed by atoms with Crippen LogP contribution in [0.1, 0.15) is 64.7 Å². The average molecular weight is 320 g/mol. The summed E-state index contributed by atoms with van der Waals surface area (Å²) in [6, 6.07) is 0. The summed E-state index contributed by atoms with van der Waals surface area (Å²) in [7, 11) is 0. The van der Waals surface area contributed by atoms with Gasteiger partial charge < -0.3 is 25.2 Å². The number of carbonyl (C=O) groups is 1. The first-order valence-corrected chi connectivity index (χ1v) is 8.36. The van der Waals surface area contributed by atoms with Gasteiger partial charge in [-0.3, -0.25) is 0 Å². The van der Waals surface area contributed by atoms with Crippen LogP contribution < -0.4 is 0 Å². The van der Waals surface area contributed by atoms with Crippen molar-refractivity contribution in [3.05, 3.63) is 0 Å². The normalized spacial score (nSPS) is 15.3. The van der Waals surface area contributed by atoms with Crippen LogP contribution in [-0.2, 0) is 9.53 Å². The van der Waals surface area contributed by atoms with E-state index in [9.17, 15) is 15.0 Å². The number of aliphatic hydroxyl groups excluding tert-OH is 4. The molecule has 0 aliphatic carbocycles. The first-order chi connectivity index (χ1) is 10.5. The van der Waals surface area contributed by atoms with E-state index in [1.165, 1.54) is 38.5 Å². The molecule has 0 saturated heterocycles. The minimum atomic E-state index is -1.83. The standard InChI is InChI=1S/C16H32O6/c1-2-3-4-5-6-7-8-9-10-11-22-16(21)15(20)14(19)13(18)12-17/h13-15,17-20H,2-12H2,1H3/t13-,14-,15-/m1/s1.